The number of nitrogens with zero attached hydrogens (tertiary/aromatic N) is 2. The third-order valence-electron chi connectivity index (χ3n) is 4.19. The highest BCUT2D eigenvalue weighted by molar-refractivity contribution is 5.78. The van der Waals surface area contributed by atoms with Crippen molar-refractivity contribution in [3.63, 3.8) is 0 Å². The van der Waals surface area contributed by atoms with Gasteiger partial charge < -0.3 is 10.1 Å². The van der Waals surface area contributed by atoms with Gasteiger partial charge >= 0.3 is 0 Å². The summed E-state index contributed by atoms with van der Waals surface area (Å²) in [7, 11) is 1.58. The number of aromatic nitrogens is 2. The molecule has 1 N–H and O–H groups in total. The van der Waals surface area contributed by atoms with Crippen LogP contribution in [0.15, 0.2) is 65.7 Å². The quantitative estimate of drug-likeness (QED) is 0.682. The number of ether oxygens (including phenoxy) is 1. The molecule has 0 atom stereocenters. The number of rotatable bonds is 7. The van der Waals surface area contributed by atoms with Gasteiger partial charge in [0.2, 0.25) is 5.91 Å². The molecule has 0 saturated carbocycles. The van der Waals surface area contributed by atoms with Crippen molar-refractivity contribution in [1.29, 1.82) is 0 Å². The second kappa shape index (κ2) is 8.94. The Morgan fingerprint density at radius 3 is 2.68 bits per heavy atom. The Hall–Kier alpha value is -3.48. The minimum atomic E-state index is -0.346. The summed E-state index contributed by atoms with van der Waals surface area (Å²) in [4.78, 5) is 28.5. The lowest BCUT2D eigenvalue weighted by Crippen LogP contribution is -2.31. The molecule has 3 aromatic rings. The van der Waals surface area contributed by atoms with Gasteiger partial charge in [-0.1, -0.05) is 12.1 Å². The smallest absolute Gasteiger partial charge is 0.253 e. The van der Waals surface area contributed by atoms with Gasteiger partial charge in [-0.25, -0.2) is 9.37 Å². The van der Waals surface area contributed by atoms with E-state index in [0.717, 1.165) is 5.56 Å². The van der Waals surface area contributed by atoms with E-state index in [0.29, 0.717) is 30.1 Å². The van der Waals surface area contributed by atoms with Crippen LogP contribution in [0, 0.1) is 5.82 Å². The Bertz CT molecular complexity index is 1020. The fourth-order valence-electron chi connectivity index (χ4n) is 2.72. The number of methoxy groups -OCH3 is 1. The van der Waals surface area contributed by atoms with E-state index < -0.39 is 0 Å². The Labute approximate surface area is 161 Å². The topological polar surface area (TPSA) is 73.2 Å². The average Bonchev–Trinajstić information content (AvgIpc) is 2.70. The van der Waals surface area contributed by atoms with Crippen LogP contribution in [0.5, 0.6) is 5.75 Å². The lowest BCUT2D eigenvalue weighted by Gasteiger charge is -2.09. The SMILES string of the molecule is COc1cccc(CC(=O)NCCn2cnc(-c3ccc(F)cc3)cc2=O)c1. The van der Waals surface area contributed by atoms with Crippen LogP contribution in [0.3, 0.4) is 0 Å². The predicted molar refractivity (Wildman–Crippen MR) is 104 cm³/mol. The maximum atomic E-state index is 13.0. The summed E-state index contributed by atoms with van der Waals surface area (Å²) in [6.45, 7) is 0.611. The molecule has 1 aromatic heterocycles. The largest absolute Gasteiger partial charge is 0.497 e. The first-order chi connectivity index (χ1) is 13.5. The monoisotopic (exact) mass is 381 g/mol. The number of hydrogen-bond acceptors (Lipinski definition) is 4. The van der Waals surface area contributed by atoms with Crippen LogP contribution in [0.2, 0.25) is 0 Å². The summed E-state index contributed by atoms with van der Waals surface area (Å²) >= 11 is 0. The summed E-state index contributed by atoms with van der Waals surface area (Å²) in [5.74, 6) is 0.211. The Balaban J connectivity index is 1.55. The molecule has 0 aliphatic carbocycles. The predicted octanol–water partition coefficient (Wildman–Crippen LogP) is 2.42. The van der Waals surface area contributed by atoms with E-state index in [4.69, 9.17) is 4.74 Å². The van der Waals surface area contributed by atoms with Crippen molar-refractivity contribution in [2.75, 3.05) is 13.7 Å². The molecule has 0 spiro atoms. The van der Waals surface area contributed by atoms with Crippen molar-refractivity contribution in [3.05, 3.63) is 82.7 Å². The summed E-state index contributed by atoms with van der Waals surface area (Å²) in [6.07, 6.45) is 1.66. The van der Waals surface area contributed by atoms with Crippen molar-refractivity contribution in [1.82, 2.24) is 14.9 Å². The molecule has 144 valence electrons. The molecule has 0 radical (unpaired) electrons. The van der Waals surface area contributed by atoms with Crippen LogP contribution in [0.4, 0.5) is 4.39 Å². The molecule has 0 unspecified atom stereocenters. The number of halogens is 1. The normalized spacial score (nSPS) is 10.5. The van der Waals surface area contributed by atoms with Gasteiger partial charge in [0, 0.05) is 24.7 Å². The lowest BCUT2D eigenvalue weighted by atomic mass is 10.1. The molecule has 0 bridgehead atoms. The second-order valence-electron chi connectivity index (χ2n) is 6.19. The number of hydrogen-bond donors (Lipinski definition) is 1. The van der Waals surface area contributed by atoms with Crippen LogP contribution in [0.1, 0.15) is 5.56 Å². The van der Waals surface area contributed by atoms with Crippen LogP contribution in [0.25, 0.3) is 11.3 Å². The highest BCUT2D eigenvalue weighted by Crippen LogP contribution is 2.15. The van der Waals surface area contributed by atoms with Gasteiger partial charge in [-0.2, -0.15) is 0 Å². The molecule has 2 aromatic carbocycles. The molecule has 7 heteroatoms. The average molecular weight is 381 g/mol. The van der Waals surface area contributed by atoms with Gasteiger partial charge in [-0.05, 0) is 42.0 Å². The van der Waals surface area contributed by atoms with E-state index in [1.807, 2.05) is 24.3 Å². The molecule has 28 heavy (non-hydrogen) atoms. The highest BCUT2D eigenvalue weighted by Gasteiger charge is 2.06. The fourth-order valence-corrected chi connectivity index (χ4v) is 2.72. The molecule has 0 aliphatic heterocycles. The molecule has 1 amide bonds. The Morgan fingerprint density at radius 1 is 1.18 bits per heavy atom. The van der Waals surface area contributed by atoms with Gasteiger partial charge in [0.15, 0.2) is 0 Å². The van der Waals surface area contributed by atoms with Crippen molar-refractivity contribution < 1.29 is 13.9 Å². The van der Waals surface area contributed by atoms with Crippen molar-refractivity contribution in [3.8, 4) is 17.0 Å². The summed E-state index contributed by atoms with van der Waals surface area (Å²) < 4.78 is 19.6. The van der Waals surface area contributed by atoms with Crippen molar-refractivity contribution >= 4 is 5.91 Å². The zero-order valence-corrected chi connectivity index (χ0v) is 15.4. The van der Waals surface area contributed by atoms with E-state index in [9.17, 15) is 14.0 Å². The van der Waals surface area contributed by atoms with Gasteiger partial charge in [0.25, 0.3) is 5.56 Å². The summed E-state index contributed by atoms with van der Waals surface area (Å²) in [6, 6.07) is 14.5. The van der Waals surface area contributed by atoms with E-state index in [-0.39, 0.29) is 23.7 Å². The molecule has 1 heterocycles. The van der Waals surface area contributed by atoms with Crippen LogP contribution >= 0.6 is 0 Å². The molecular formula is C21H20FN3O3. The highest BCUT2D eigenvalue weighted by atomic mass is 19.1. The molecule has 0 fully saturated rings. The van der Waals surface area contributed by atoms with Crippen LogP contribution in [-0.2, 0) is 17.8 Å². The standard InChI is InChI=1S/C21H20FN3O3/c1-28-18-4-2-3-15(11-18)12-20(26)23-9-10-25-14-24-19(13-21(25)27)16-5-7-17(22)8-6-16/h2-8,11,13-14H,9-10,12H2,1H3,(H,23,26). The lowest BCUT2D eigenvalue weighted by molar-refractivity contribution is -0.120. The third-order valence-corrected chi connectivity index (χ3v) is 4.19. The minimum Gasteiger partial charge on any atom is -0.497 e. The third kappa shape index (κ3) is 5.03. The Morgan fingerprint density at radius 2 is 1.96 bits per heavy atom. The van der Waals surface area contributed by atoms with E-state index in [1.54, 1.807) is 19.2 Å². The van der Waals surface area contributed by atoms with E-state index in [2.05, 4.69) is 10.3 Å². The number of amides is 1. The first kappa shape index (κ1) is 19.3. The molecule has 0 saturated heterocycles. The van der Waals surface area contributed by atoms with E-state index >= 15 is 0 Å². The zero-order chi connectivity index (χ0) is 19.9. The van der Waals surface area contributed by atoms with Gasteiger partial charge in [0.1, 0.15) is 11.6 Å². The number of carbonyl (C=O) groups excluding carboxylic acids is 1. The van der Waals surface area contributed by atoms with Gasteiger partial charge in [0.05, 0.1) is 25.6 Å². The van der Waals surface area contributed by atoms with Crippen molar-refractivity contribution in [2.45, 2.75) is 13.0 Å². The van der Waals surface area contributed by atoms with Crippen LogP contribution < -0.4 is 15.6 Å². The van der Waals surface area contributed by atoms with Crippen molar-refractivity contribution in [2.24, 2.45) is 0 Å². The van der Waals surface area contributed by atoms with Gasteiger partial charge in [-0.3, -0.25) is 14.2 Å². The maximum absolute atomic E-state index is 13.0. The first-order valence-electron chi connectivity index (χ1n) is 8.77. The van der Waals surface area contributed by atoms with E-state index in [1.165, 1.54) is 29.1 Å². The molecular weight excluding hydrogens is 361 g/mol. The summed E-state index contributed by atoms with van der Waals surface area (Å²) in [5.41, 5.74) is 1.75. The second-order valence-corrected chi connectivity index (χ2v) is 6.19. The van der Waals surface area contributed by atoms with Gasteiger partial charge in [-0.15, -0.1) is 0 Å². The zero-order valence-electron chi connectivity index (χ0n) is 15.4. The fraction of sp³-hybridized carbons (Fsp3) is 0.190. The van der Waals surface area contributed by atoms with Crippen LogP contribution in [-0.4, -0.2) is 29.1 Å². The minimum absolute atomic E-state index is 0.141. The maximum Gasteiger partial charge on any atom is 0.253 e. The Kier molecular flexibility index (Phi) is 6.16. The number of benzene rings is 2. The summed E-state index contributed by atoms with van der Waals surface area (Å²) in [5, 5.41) is 2.79. The molecule has 6 nitrogen and oxygen atoms in total. The molecule has 3 rings (SSSR count). The first-order valence-corrected chi connectivity index (χ1v) is 8.77. The molecule has 0 aliphatic rings. The number of carbonyl (C=O) groups is 1. The number of nitrogens with one attached hydrogen (secondary N) is 1.